The number of nitrogens with one attached hydrogen (secondary N) is 1. The molecule has 6 nitrogen and oxygen atoms in total. The van der Waals surface area contributed by atoms with Crippen LogP contribution < -0.4 is 5.32 Å². The van der Waals surface area contributed by atoms with E-state index in [1.54, 1.807) is 12.1 Å². The number of carbonyl (C=O) groups is 1. The van der Waals surface area contributed by atoms with Crippen molar-refractivity contribution >= 4 is 22.4 Å². The lowest BCUT2D eigenvalue weighted by molar-refractivity contribution is 0.0988. The van der Waals surface area contributed by atoms with Crippen LogP contribution in [0.15, 0.2) is 40.2 Å². The summed E-state index contributed by atoms with van der Waals surface area (Å²) in [7, 11) is 0. The molecule has 4 rings (SSSR count). The first-order valence-electron chi connectivity index (χ1n) is 8.88. The third kappa shape index (κ3) is 4.40. The lowest BCUT2D eigenvalue weighted by atomic mass is 10.1. The van der Waals surface area contributed by atoms with Crippen molar-refractivity contribution in [3.63, 3.8) is 0 Å². The molecule has 1 aliphatic heterocycles. The molecule has 0 spiro atoms. The molecule has 1 saturated heterocycles. The number of anilines is 1. The third-order valence-corrected chi connectivity index (χ3v) is 5.27. The molecule has 1 aliphatic rings. The number of benzene rings is 1. The predicted molar refractivity (Wildman–Crippen MR) is 101 cm³/mol. The van der Waals surface area contributed by atoms with E-state index < -0.39 is 5.91 Å². The standard InChI is InChI=1S/C19H19FN4O2S/c20-14-6-4-5-13(9-14)16-10-17(26-23-16)18(25)22-19-21-15(12-27-19)11-24-7-2-1-3-8-24/h4-6,9-10,12H,1-3,7-8,11H2,(H,21,22,25). The van der Waals surface area contributed by atoms with Gasteiger partial charge in [-0.3, -0.25) is 15.0 Å². The van der Waals surface area contributed by atoms with Crippen LogP contribution in [0.1, 0.15) is 35.5 Å². The van der Waals surface area contributed by atoms with Gasteiger partial charge in [-0.15, -0.1) is 11.3 Å². The Kier molecular flexibility index (Phi) is 5.26. The van der Waals surface area contributed by atoms with Crippen LogP contribution in [-0.2, 0) is 6.54 Å². The third-order valence-electron chi connectivity index (χ3n) is 4.46. The Morgan fingerprint density at radius 2 is 2.11 bits per heavy atom. The minimum atomic E-state index is -0.427. The monoisotopic (exact) mass is 386 g/mol. The second-order valence-electron chi connectivity index (χ2n) is 6.52. The summed E-state index contributed by atoms with van der Waals surface area (Å²) in [5.74, 6) is -0.739. The SMILES string of the molecule is O=C(Nc1nc(CN2CCCCC2)cs1)c1cc(-c2cccc(F)c2)no1. The second-order valence-corrected chi connectivity index (χ2v) is 7.38. The number of halogens is 1. The van der Waals surface area contributed by atoms with Crippen molar-refractivity contribution in [2.45, 2.75) is 25.8 Å². The topological polar surface area (TPSA) is 71.3 Å². The number of thiazole rings is 1. The molecule has 0 unspecified atom stereocenters. The first-order valence-corrected chi connectivity index (χ1v) is 9.76. The fourth-order valence-electron chi connectivity index (χ4n) is 3.11. The molecular formula is C19H19FN4O2S. The molecule has 1 fully saturated rings. The summed E-state index contributed by atoms with van der Waals surface area (Å²) >= 11 is 1.38. The largest absolute Gasteiger partial charge is 0.350 e. The van der Waals surface area contributed by atoms with E-state index in [0.717, 1.165) is 25.3 Å². The molecule has 0 bridgehead atoms. The lowest BCUT2D eigenvalue weighted by Gasteiger charge is -2.25. The van der Waals surface area contributed by atoms with Crippen LogP contribution in [-0.4, -0.2) is 34.0 Å². The average molecular weight is 386 g/mol. The number of amides is 1. The zero-order valence-electron chi connectivity index (χ0n) is 14.7. The van der Waals surface area contributed by atoms with Crippen molar-refractivity contribution in [2.24, 2.45) is 0 Å². The zero-order chi connectivity index (χ0) is 18.6. The van der Waals surface area contributed by atoms with Crippen LogP contribution >= 0.6 is 11.3 Å². The Bertz CT molecular complexity index is 933. The van der Waals surface area contributed by atoms with E-state index in [-0.39, 0.29) is 11.6 Å². The highest BCUT2D eigenvalue weighted by molar-refractivity contribution is 7.13. The van der Waals surface area contributed by atoms with E-state index in [0.29, 0.717) is 16.4 Å². The Balaban J connectivity index is 1.39. The highest BCUT2D eigenvalue weighted by Gasteiger charge is 2.17. The smallest absolute Gasteiger partial charge is 0.296 e. The van der Waals surface area contributed by atoms with E-state index in [2.05, 4.69) is 20.4 Å². The van der Waals surface area contributed by atoms with Gasteiger partial charge in [-0.25, -0.2) is 9.37 Å². The van der Waals surface area contributed by atoms with Gasteiger partial charge in [0.15, 0.2) is 5.13 Å². The Morgan fingerprint density at radius 3 is 2.93 bits per heavy atom. The van der Waals surface area contributed by atoms with Crippen LogP contribution in [0.2, 0.25) is 0 Å². The fraction of sp³-hybridized carbons (Fsp3) is 0.316. The molecule has 3 aromatic rings. The summed E-state index contributed by atoms with van der Waals surface area (Å²) in [6.07, 6.45) is 3.75. The summed E-state index contributed by atoms with van der Waals surface area (Å²) in [5, 5.41) is 9.07. The molecular weight excluding hydrogens is 367 g/mol. The highest BCUT2D eigenvalue weighted by atomic mass is 32.1. The van der Waals surface area contributed by atoms with Crippen molar-refractivity contribution in [1.82, 2.24) is 15.0 Å². The Morgan fingerprint density at radius 1 is 1.26 bits per heavy atom. The number of aromatic nitrogens is 2. The molecule has 0 saturated carbocycles. The van der Waals surface area contributed by atoms with Gasteiger partial charge in [0.1, 0.15) is 11.5 Å². The zero-order valence-corrected chi connectivity index (χ0v) is 15.5. The number of nitrogens with zero attached hydrogens (tertiary/aromatic N) is 3. The quantitative estimate of drug-likeness (QED) is 0.712. The summed E-state index contributed by atoms with van der Waals surface area (Å²) in [6, 6.07) is 7.47. The lowest BCUT2D eigenvalue weighted by Crippen LogP contribution is -2.29. The highest BCUT2D eigenvalue weighted by Crippen LogP contribution is 2.22. The number of hydrogen-bond donors (Lipinski definition) is 1. The van der Waals surface area contributed by atoms with Gasteiger partial charge in [-0.05, 0) is 38.1 Å². The van der Waals surface area contributed by atoms with Gasteiger partial charge in [-0.1, -0.05) is 23.7 Å². The van der Waals surface area contributed by atoms with Gasteiger partial charge >= 0.3 is 0 Å². The van der Waals surface area contributed by atoms with Gasteiger partial charge in [-0.2, -0.15) is 0 Å². The molecule has 0 atom stereocenters. The van der Waals surface area contributed by atoms with Crippen molar-refractivity contribution in [3.8, 4) is 11.3 Å². The first kappa shape index (κ1) is 17.8. The van der Waals surface area contributed by atoms with Crippen LogP contribution in [0.3, 0.4) is 0 Å². The second kappa shape index (κ2) is 7.98. The molecule has 0 aliphatic carbocycles. The summed E-state index contributed by atoms with van der Waals surface area (Å²) < 4.78 is 18.4. The first-order chi connectivity index (χ1) is 13.2. The molecule has 3 heterocycles. The van der Waals surface area contributed by atoms with E-state index >= 15 is 0 Å². The van der Waals surface area contributed by atoms with Crippen LogP contribution in [0.4, 0.5) is 9.52 Å². The number of rotatable bonds is 5. The minimum absolute atomic E-state index is 0.0574. The average Bonchev–Trinajstić information content (AvgIpc) is 3.32. The van der Waals surface area contributed by atoms with E-state index in [9.17, 15) is 9.18 Å². The van der Waals surface area contributed by atoms with Gasteiger partial charge in [0.25, 0.3) is 5.91 Å². The van der Waals surface area contributed by atoms with Gasteiger partial charge in [0.05, 0.1) is 5.69 Å². The molecule has 27 heavy (non-hydrogen) atoms. The van der Waals surface area contributed by atoms with Crippen molar-refractivity contribution in [3.05, 3.63) is 53.0 Å². The van der Waals surface area contributed by atoms with Gasteiger partial charge in [0.2, 0.25) is 5.76 Å². The van der Waals surface area contributed by atoms with Crippen LogP contribution in [0, 0.1) is 5.82 Å². The maximum atomic E-state index is 13.3. The molecule has 8 heteroatoms. The van der Waals surface area contributed by atoms with E-state index in [4.69, 9.17) is 4.52 Å². The van der Waals surface area contributed by atoms with Crippen molar-refractivity contribution in [1.29, 1.82) is 0 Å². The number of carbonyl (C=O) groups excluding carboxylic acids is 1. The predicted octanol–water partition coefficient (Wildman–Crippen LogP) is 4.18. The van der Waals surface area contributed by atoms with E-state index in [1.807, 2.05) is 5.38 Å². The molecule has 1 N–H and O–H groups in total. The molecule has 0 radical (unpaired) electrons. The van der Waals surface area contributed by atoms with Gasteiger partial charge in [0, 0.05) is 23.6 Å². The number of piperidine rings is 1. The van der Waals surface area contributed by atoms with Crippen LogP contribution in [0.25, 0.3) is 11.3 Å². The molecule has 140 valence electrons. The summed E-state index contributed by atoms with van der Waals surface area (Å²) in [4.78, 5) is 19.2. The summed E-state index contributed by atoms with van der Waals surface area (Å²) in [6.45, 7) is 3.00. The fourth-order valence-corrected chi connectivity index (χ4v) is 3.80. The van der Waals surface area contributed by atoms with E-state index in [1.165, 1.54) is 48.8 Å². The summed E-state index contributed by atoms with van der Waals surface area (Å²) in [5.41, 5.74) is 1.91. The van der Waals surface area contributed by atoms with Crippen molar-refractivity contribution in [2.75, 3.05) is 18.4 Å². The maximum absolute atomic E-state index is 13.3. The van der Waals surface area contributed by atoms with Gasteiger partial charge < -0.3 is 4.52 Å². The normalized spacial score (nSPS) is 15.0. The Hall–Kier alpha value is -2.58. The van der Waals surface area contributed by atoms with Crippen LogP contribution in [0.5, 0.6) is 0 Å². The van der Waals surface area contributed by atoms with Crippen molar-refractivity contribution < 1.29 is 13.7 Å². The number of likely N-dealkylation sites (tertiary alicyclic amines) is 1. The minimum Gasteiger partial charge on any atom is -0.350 e. The molecule has 1 amide bonds. The Labute approximate surface area is 160 Å². The molecule has 2 aromatic heterocycles. The number of hydrogen-bond acceptors (Lipinski definition) is 6. The maximum Gasteiger partial charge on any atom is 0.296 e. The molecule has 1 aromatic carbocycles.